The fourth-order valence-corrected chi connectivity index (χ4v) is 3.52. The zero-order chi connectivity index (χ0) is 12.4. The third-order valence-corrected chi connectivity index (χ3v) is 4.97. The number of rotatable bonds is 2. The average molecular weight is 318 g/mol. The van der Waals surface area contributed by atoms with Gasteiger partial charge in [-0.25, -0.2) is 0 Å². The first-order valence-electron chi connectivity index (χ1n) is 5.79. The van der Waals surface area contributed by atoms with Gasteiger partial charge in [-0.1, -0.05) is 0 Å². The second kappa shape index (κ2) is 5.50. The Morgan fingerprint density at radius 1 is 1.41 bits per heavy atom. The smallest absolute Gasteiger partial charge is 0.230 e. The lowest BCUT2D eigenvalue weighted by Crippen LogP contribution is -2.35. The quantitative estimate of drug-likeness (QED) is 0.910. The standard InChI is InChI=1S/C12H16BrNO2S/c1-14(11-7-6-10(13)17-11)12(16)8-2-4-9(15)5-3-8/h6-9,15H,2-5H2,1H3. The van der Waals surface area contributed by atoms with E-state index < -0.39 is 0 Å². The van der Waals surface area contributed by atoms with E-state index in [4.69, 9.17) is 0 Å². The lowest BCUT2D eigenvalue weighted by atomic mass is 9.86. The minimum atomic E-state index is -0.208. The Bertz CT molecular complexity index is 399. The molecule has 1 aliphatic carbocycles. The summed E-state index contributed by atoms with van der Waals surface area (Å²) in [7, 11) is 1.83. The zero-order valence-electron chi connectivity index (χ0n) is 9.73. The molecular weight excluding hydrogens is 302 g/mol. The van der Waals surface area contributed by atoms with Crippen LogP contribution in [0.25, 0.3) is 0 Å². The van der Waals surface area contributed by atoms with Crippen molar-refractivity contribution in [3.8, 4) is 0 Å². The molecule has 0 aromatic carbocycles. The van der Waals surface area contributed by atoms with Crippen LogP contribution in [0.5, 0.6) is 0 Å². The molecule has 1 N–H and O–H groups in total. The summed E-state index contributed by atoms with van der Waals surface area (Å²) in [5, 5.41) is 10.4. The molecule has 2 rings (SSSR count). The molecule has 1 aliphatic rings. The molecule has 17 heavy (non-hydrogen) atoms. The van der Waals surface area contributed by atoms with Gasteiger partial charge in [-0.05, 0) is 53.7 Å². The van der Waals surface area contributed by atoms with Gasteiger partial charge in [-0.2, -0.15) is 0 Å². The van der Waals surface area contributed by atoms with Crippen molar-refractivity contribution in [1.29, 1.82) is 0 Å². The molecule has 0 bridgehead atoms. The summed E-state index contributed by atoms with van der Waals surface area (Å²) in [6.45, 7) is 0. The van der Waals surface area contributed by atoms with E-state index in [0.29, 0.717) is 0 Å². The maximum atomic E-state index is 12.3. The van der Waals surface area contributed by atoms with E-state index in [0.717, 1.165) is 34.5 Å². The topological polar surface area (TPSA) is 40.5 Å². The third kappa shape index (κ3) is 3.09. The van der Waals surface area contributed by atoms with Crippen molar-refractivity contribution in [2.75, 3.05) is 11.9 Å². The summed E-state index contributed by atoms with van der Waals surface area (Å²) in [4.78, 5) is 14.0. The van der Waals surface area contributed by atoms with Crippen LogP contribution in [0.2, 0.25) is 0 Å². The number of carbonyl (C=O) groups is 1. The van der Waals surface area contributed by atoms with Gasteiger partial charge in [0.05, 0.1) is 14.9 Å². The highest BCUT2D eigenvalue weighted by molar-refractivity contribution is 9.11. The highest BCUT2D eigenvalue weighted by Crippen LogP contribution is 2.32. The van der Waals surface area contributed by atoms with Crippen molar-refractivity contribution in [3.63, 3.8) is 0 Å². The Hall–Kier alpha value is -0.390. The van der Waals surface area contributed by atoms with Gasteiger partial charge >= 0.3 is 0 Å². The molecule has 1 fully saturated rings. The zero-order valence-corrected chi connectivity index (χ0v) is 12.1. The second-order valence-electron chi connectivity index (χ2n) is 4.48. The van der Waals surface area contributed by atoms with E-state index in [1.807, 2.05) is 19.2 Å². The highest BCUT2D eigenvalue weighted by Gasteiger charge is 2.28. The van der Waals surface area contributed by atoms with Crippen molar-refractivity contribution in [2.24, 2.45) is 5.92 Å². The molecule has 1 aromatic heterocycles. The molecule has 0 saturated heterocycles. The van der Waals surface area contributed by atoms with Gasteiger partial charge in [-0.15, -0.1) is 11.3 Å². The highest BCUT2D eigenvalue weighted by atomic mass is 79.9. The summed E-state index contributed by atoms with van der Waals surface area (Å²) in [6, 6.07) is 3.90. The predicted molar refractivity (Wildman–Crippen MR) is 73.4 cm³/mol. The maximum Gasteiger partial charge on any atom is 0.230 e. The van der Waals surface area contributed by atoms with Gasteiger partial charge in [0, 0.05) is 13.0 Å². The molecule has 1 saturated carbocycles. The minimum absolute atomic E-state index is 0.0734. The van der Waals surface area contributed by atoms with Crippen LogP contribution in [0.3, 0.4) is 0 Å². The van der Waals surface area contributed by atoms with E-state index in [2.05, 4.69) is 15.9 Å². The molecule has 1 heterocycles. The van der Waals surface area contributed by atoms with E-state index in [-0.39, 0.29) is 17.9 Å². The Labute approximate surface area is 114 Å². The number of hydrogen-bond donors (Lipinski definition) is 1. The fraction of sp³-hybridized carbons (Fsp3) is 0.583. The molecule has 0 aliphatic heterocycles. The summed E-state index contributed by atoms with van der Waals surface area (Å²) < 4.78 is 1.03. The average Bonchev–Trinajstić information content (AvgIpc) is 2.75. The monoisotopic (exact) mass is 317 g/mol. The Morgan fingerprint density at radius 2 is 2.06 bits per heavy atom. The number of aliphatic hydroxyl groups excluding tert-OH is 1. The van der Waals surface area contributed by atoms with Crippen molar-refractivity contribution in [3.05, 3.63) is 15.9 Å². The van der Waals surface area contributed by atoms with Crippen LogP contribution < -0.4 is 4.90 Å². The van der Waals surface area contributed by atoms with Crippen molar-refractivity contribution < 1.29 is 9.90 Å². The van der Waals surface area contributed by atoms with Crippen LogP contribution in [0.15, 0.2) is 15.9 Å². The predicted octanol–water partition coefficient (Wildman–Crippen LogP) is 3.02. The number of halogens is 1. The van der Waals surface area contributed by atoms with Gasteiger partial charge in [0.2, 0.25) is 5.91 Å². The number of aliphatic hydroxyl groups is 1. The summed E-state index contributed by atoms with van der Waals surface area (Å²) in [5.41, 5.74) is 0. The maximum absolute atomic E-state index is 12.3. The van der Waals surface area contributed by atoms with Crippen molar-refractivity contribution in [2.45, 2.75) is 31.8 Å². The molecule has 1 aromatic rings. The van der Waals surface area contributed by atoms with Gasteiger partial charge < -0.3 is 10.0 Å². The van der Waals surface area contributed by atoms with E-state index in [1.54, 1.807) is 16.2 Å². The summed E-state index contributed by atoms with van der Waals surface area (Å²) in [5.74, 6) is 0.246. The molecule has 0 spiro atoms. The number of anilines is 1. The van der Waals surface area contributed by atoms with Crippen molar-refractivity contribution in [1.82, 2.24) is 0 Å². The molecule has 5 heteroatoms. The molecular formula is C12H16BrNO2S. The minimum Gasteiger partial charge on any atom is -0.393 e. The Morgan fingerprint density at radius 3 is 2.59 bits per heavy atom. The van der Waals surface area contributed by atoms with E-state index >= 15 is 0 Å². The van der Waals surface area contributed by atoms with Gasteiger partial charge in [0.25, 0.3) is 0 Å². The molecule has 1 amide bonds. The Kier molecular flexibility index (Phi) is 4.22. The largest absolute Gasteiger partial charge is 0.393 e. The van der Waals surface area contributed by atoms with Gasteiger partial charge in [-0.3, -0.25) is 4.79 Å². The second-order valence-corrected chi connectivity index (χ2v) is 6.92. The lowest BCUT2D eigenvalue weighted by Gasteiger charge is -2.27. The van der Waals surface area contributed by atoms with Crippen LogP contribution in [-0.2, 0) is 4.79 Å². The fourth-order valence-electron chi connectivity index (χ4n) is 2.19. The van der Waals surface area contributed by atoms with Crippen LogP contribution >= 0.6 is 27.3 Å². The molecule has 0 unspecified atom stereocenters. The summed E-state index contributed by atoms with van der Waals surface area (Å²) in [6.07, 6.45) is 2.89. The molecule has 0 radical (unpaired) electrons. The van der Waals surface area contributed by atoms with Gasteiger partial charge in [0.15, 0.2) is 0 Å². The first kappa shape index (κ1) is 13.1. The van der Waals surface area contributed by atoms with Crippen LogP contribution in [0.1, 0.15) is 25.7 Å². The number of carbonyl (C=O) groups excluding carboxylic acids is 1. The third-order valence-electron chi connectivity index (χ3n) is 3.27. The van der Waals surface area contributed by atoms with E-state index in [1.165, 1.54) is 0 Å². The SMILES string of the molecule is CN(C(=O)C1CCC(O)CC1)c1ccc(Br)s1. The summed E-state index contributed by atoms with van der Waals surface area (Å²) >= 11 is 4.96. The first-order chi connectivity index (χ1) is 8.08. The number of thiophene rings is 1. The molecule has 3 nitrogen and oxygen atoms in total. The van der Waals surface area contributed by atoms with Crippen LogP contribution in [-0.4, -0.2) is 24.2 Å². The van der Waals surface area contributed by atoms with Crippen LogP contribution in [0, 0.1) is 5.92 Å². The normalized spacial score (nSPS) is 24.6. The number of nitrogens with zero attached hydrogens (tertiary/aromatic N) is 1. The van der Waals surface area contributed by atoms with Crippen molar-refractivity contribution >= 4 is 38.2 Å². The molecule has 0 atom stereocenters. The van der Waals surface area contributed by atoms with E-state index in [9.17, 15) is 9.90 Å². The molecule has 94 valence electrons. The number of hydrogen-bond acceptors (Lipinski definition) is 3. The van der Waals surface area contributed by atoms with Gasteiger partial charge in [0.1, 0.15) is 0 Å². The lowest BCUT2D eigenvalue weighted by molar-refractivity contribution is -0.123. The van der Waals surface area contributed by atoms with Crippen LogP contribution in [0.4, 0.5) is 5.00 Å². The Balaban J connectivity index is 2.00. The number of amides is 1. The first-order valence-corrected chi connectivity index (χ1v) is 7.40.